The van der Waals surface area contributed by atoms with Gasteiger partial charge in [-0.3, -0.25) is 14.9 Å². The number of allylic oxidation sites excluding steroid dienone is 1. The first-order valence-electron chi connectivity index (χ1n) is 11.0. The molecule has 2 aromatic carbocycles. The lowest BCUT2D eigenvalue weighted by Crippen LogP contribution is -2.33. The van der Waals surface area contributed by atoms with Crippen molar-refractivity contribution >= 4 is 34.2 Å². The van der Waals surface area contributed by atoms with E-state index in [0.29, 0.717) is 12.0 Å². The number of Topliss-reactive ketones (excluding diaryl/α,β-unsaturated/α-hetero) is 1. The van der Waals surface area contributed by atoms with E-state index < -0.39 is 28.3 Å². The van der Waals surface area contributed by atoms with Crippen LogP contribution in [0.2, 0.25) is 0 Å². The molecule has 0 unspecified atom stereocenters. The first kappa shape index (κ1) is 22.0. The highest BCUT2D eigenvalue weighted by molar-refractivity contribution is 7.10. The highest BCUT2D eigenvalue weighted by atomic mass is 32.1. The zero-order valence-electron chi connectivity index (χ0n) is 18.4. The molecule has 0 bridgehead atoms. The number of fused-ring (bicyclic) bond motifs is 2. The second-order valence-corrected chi connectivity index (χ2v) is 9.24. The van der Waals surface area contributed by atoms with Gasteiger partial charge in [-0.2, -0.15) is 0 Å². The van der Waals surface area contributed by atoms with Gasteiger partial charge < -0.3 is 20.5 Å². The number of ether oxygens (including phenoxy) is 1. The van der Waals surface area contributed by atoms with E-state index in [1.54, 1.807) is 24.3 Å². The van der Waals surface area contributed by atoms with Crippen LogP contribution in [-0.4, -0.2) is 22.4 Å². The smallest absolute Gasteiger partial charge is 0.315 e. The number of benzene rings is 2. The predicted octanol–water partition coefficient (Wildman–Crippen LogP) is 5.60. The van der Waals surface area contributed by atoms with Crippen molar-refractivity contribution < 1.29 is 19.6 Å². The average molecular weight is 478 g/mol. The summed E-state index contributed by atoms with van der Waals surface area (Å²) in [6, 6.07) is 13.9. The number of phenols is 1. The average Bonchev–Trinajstić information content (AvgIpc) is 3.29. The van der Waals surface area contributed by atoms with E-state index in [0.717, 1.165) is 21.9 Å². The summed E-state index contributed by atoms with van der Waals surface area (Å²) in [5.41, 5.74) is 2.38. The molecule has 9 heteroatoms. The van der Waals surface area contributed by atoms with Crippen LogP contribution in [0.4, 0.5) is 17.1 Å². The van der Waals surface area contributed by atoms with Gasteiger partial charge in [0, 0.05) is 29.0 Å². The van der Waals surface area contributed by atoms with Crippen LogP contribution in [0, 0.1) is 16.0 Å². The number of hydrogen-bond acceptors (Lipinski definition) is 8. The van der Waals surface area contributed by atoms with Gasteiger partial charge in [-0.15, -0.1) is 11.3 Å². The van der Waals surface area contributed by atoms with Crippen molar-refractivity contribution in [3.8, 4) is 11.5 Å². The standard InChI is InChI=1S/C25H23N3O5S/c1-2-33-21-13-15(11-19(25(21)30)28(31)32)24-23-18(26-16-6-3-4-7-17(16)27-24)10-14(12-20(23)29)22-8-5-9-34-22/h3-11,13-14,23-24,26-27,30H,2,12H2,1H3/t14-,23+,24+/m1/s1. The molecule has 0 saturated carbocycles. The number of carbonyl (C=O) groups excluding carboxylic acids is 1. The molecule has 0 fully saturated rings. The molecule has 3 aromatic rings. The highest BCUT2D eigenvalue weighted by Gasteiger charge is 2.41. The zero-order chi connectivity index (χ0) is 23.8. The summed E-state index contributed by atoms with van der Waals surface area (Å²) in [7, 11) is 0. The van der Waals surface area contributed by atoms with Crippen LogP contribution in [0.5, 0.6) is 11.5 Å². The summed E-state index contributed by atoms with van der Waals surface area (Å²) in [6.07, 6.45) is 2.43. The maximum absolute atomic E-state index is 13.6. The molecule has 2 heterocycles. The number of nitrogens with zero attached hydrogens (tertiary/aromatic N) is 1. The Morgan fingerprint density at radius 1 is 1.21 bits per heavy atom. The van der Waals surface area contributed by atoms with Gasteiger partial charge in [0.2, 0.25) is 5.75 Å². The highest BCUT2D eigenvalue weighted by Crippen LogP contribution is 2.47. The van der Waals surface area contributed by atoms with Crippen molar-refractivity contribution in [1.29, 1.82) is 0 Å². The number of nitro groups is 1. The van der Waals surface area contributed by atoms with Crippen molar-refractivity contribution in [3.63, 3.8) is 0 Å². The Kier molecular flexibility index (Phi) is 5.70. The maximum atomic E-state index is 13.6. The van der Waals surface area contributed by atoms with Crippen LogP contribution >= 0.6 is 11.3 Å². The van der Waals surface area contributed by atoms with E-state index >= 15 is 0 Å². The topological polar surface area (TPSA) is 114 Å². The lowest BCUT2D eigenvalue weighted by molar-refractivity contribution is -0.386. The molecular formula is C25H23N3O5S. The van der Waals surface area contributed by atoms with Crippen LogP contribution in [0.3, 0.4) is 0 Å². The molecule has 1 aromatic heterocycles. The second kappa shape index (κ2) is 8.83. The Morgan fingerprint density at radius 2 is 2.00 bits per heavy atom. The minimum atomic E-state index is -0.642. The summed E-state index contributed by atoms with van der Waals surface area (Å²) < 4.78 is 5.49. The third-order valence-corrected chi connectivity index (χ3v) is 7.18. The monoisotopic (exact) mass is 477 g/mol. The third-order valence-electron chi connectivity index (χ3n) is 6.18. The van der Waals surface area contributed by atoms with E-state index in [-0.39, 0.29) is 24.1 Å². The van der Waals surface area contributed by atoms with Crippen LogP contribution in [0.25, 0.3) is 0 Å². The Labute approximate surface area is 200 Å². The Hall–Kier alpha value is -3.85. The molecule has 0 amide bonds. The fourth-order valence-electron chi connectivity index (χ4n) is 4.66. The molecule has 3 N–H and O–H groups in total. The van der Waals surface area contributed by atoms with Gasteiger partial charge in [0.25, 0.3) is 0 Å². The van der Waals surface area contributed by atoms with E-state index in [9.17, 15) is 20.0 Å². The molecule has 34 heavy (non-hydrogen) atoms. The van der Waals surface area contributed by atoms with Crippen molar-refractivity contribution in [3.05, 3.63) is 86.2 Å². The zero-order valence-corrected chi connectivity index (χ0v) is 19.2. The van der Waals surface area contributed by atoms with Crippen LogP contribution in [0.1, 0.15) is 35.7 Å². The van der Waals surface area contributed by atoms with Gasteiger partial charge in [0.05, 0.1) is 34.9 Å². The van der Waals surface area contributed by atoms with E-state index in [1.165, 1.54) is 6.07 Å². The first-order chi connectivity index (χ1) is 16.5. The number of rotatable bonds is 5. The third kappa shape index (κ3) is 3.88. The van der Waals surface area contributed by atoms with Crippen LogP contribution in [-0.2, 0) is 4.79 Å². The molecule has 5 rings (SSSR count). The lowest BCUT2D eigenvalue weighted by Gasteiger charge is -2.32. The summed E-state index contributed by atoms with van der Waals surface area (Å²) in [6.45, 7) is 1.96. The van der Waals surface area contributed by atoms with Gasteiger partial charge in [0.1, 0.15) is 5.78 Å². The molecule has 0 spiro atoms. The first-order valence-corrected chi connectivity index (χ1v) is 11.9. The van der Waals surface area contributed by atoms with Crippen molar-refractivity contribution in [2.45, 2.75) is 25.3 Å². The Bertz CT molecular complexity index is 1290. The van der Waals surface area contributed by atoms with Gasteiger partial charge in [-0.05, 0) is 42.1 Å². The van der Waals surface area contributed by atoms with E-state index in [1.807, 2.05) is 41.8 Å². The largest absolute Gasteiger partial charge is 0.500 e. The quantitative estimate of drug-likeness (QED) is 0.324. The lowest BCUT2D eigenvalue weighted by atomic mass is 9.78. The summed E-state index contributed by atoms with van der Waals surface area (Å²) in [5, 5.41) is 30.9. The summed E-state index contributed by atoms with van der Waals surface area (Å²) >= 11 is 1.61. The molecule has 3 atom stereocenters. The van der Waals surface area contributed by atoms with Gasteiger partial charge in [-0.1, -0.05) is 24.3 Å². The normalized spacial score (nSPS) is 21.3. The molecule has 2 aliphatic rings. The number of para-hydroxylation sites is 2. The van der Waals surface area contributed by atoms with Crippen molar-refractivity contribution in [2.24, 2.45) is 5.92 Å². The van der Waals surface area contributed by atoms with Gasteiger partial charge >= 0.3 is 5.69 Å². The van der Waals surface area contributed by atoms with Gasteiger partial charge in [0.15, 0.2) is 5.75 Å². The predicted molar refractivity (Wildman–Crippen MR) is 131 cm³/mol. The molecule has 0 radical (unpaired) electrons. The number of hydrogen-bond donors (Lipinski definition) is 3. The Balaban J connectivity index is 1.67. The van der Waals surface area contributed by atoms with Gasteiger partial charge in [-0.25, -0.2) is 0 Å². The number of anilines is 2. The van der Waals surface area contributed by atoms with E-state index in [2.05, 4.69) is 16.7 Å². The number of thiophene rings is 1. The van der Waals surface area contributed by atoms with Crippen molar-refractivity contribution in [1.82, 2.24) is 0 Å². The number of ketones is 1. The minimum Gasteiger partial charge on any atom is -0.500 e. The molecular weight excluding hydrogens is 454 g/mol. The molecule has 174 valence electrons. The number of aromatic hydroxyl groups is 1. The van der Waals surface area contributed by atoms with Crippen molar-refractivity contribution in [2.75, 3.05) is 17.2 Å². The second-order valence-electron chi connectivity index (χ2n) is 8.26. The molecule has 1 aliphatic heterocycles. The molecule has 1 aliphatic carbocycles. The fraction of sp³-hybridized carbons (Fsp3) is 0.240. The molecule has 0 saturated heterocycles. The maximum Gasteiger partial charge on any atom is 0.315 e. The van der Waals surface area contributed by atoms with E-state index in [4.69, 9.17) is 4.74 Å². The minimum absolute atomic E-state index is 0.0178. The molecule has 8 nitrogen and oxygen atoms in total. The summed E-state index contributed by atoms with van der Waals surface area (Å²) in [5.74, 6) is -1.11. The number of nitro benzene ring substituents is 1. The SMILES string of the molecule is CCOc1cc([C@@H]2Nc3ccccc3NC3=C[C@@H](c4cccs4)CC(=O)[C@H]32)cc([N+](=O)[O-])c1O. The number of carbonyl (C=O) groups is 1. The Morgan fingerprint density at radius 3 is 2.71 bits per heavy atom. The number of nitrogens with one attached hydrogen (secondary N) is 2. The van der Waals surface area contributed by atoms with Crippen LogP contribution in [0.15, 0.2) is 65.7 Å². The van der Waals surface area contributed by atoms with Crippen LogP contribution < -0.4 is 15.4 Å². The fourth-order valence-corrected chi connectivity index (χ4v) is 5.46. The summed E-state index contributed by atoms with van der Waals surface area (Å²) in [4.78, 5) is 25.7. The number of phenolic OH excluding ortho intramolecular Hbond substituents is 1.